The molecule has 2 N–H and O–H groups in total. The number of likely N-dealkylation sites (N-methyl/N-ethyl adjacent to an activating group) is 1. The summed E-state index contributed by atoms with van der Waals surface area (Å²) < 4.78 is 0. The van der Waals surface area contributed by atoms with Crippen molar-refractivity contribution < 1.29 is 0 Å². The minimum absolute atomic E-state index is 0.901. The van der Waals surface area contributed by atoms with Crippen molar-refractivity contribution in [3.63, 3.8) is 0 Å². The van der Waals surface area contributed by atoms with E-state index in [1.54, 1.807) is 0 Å². The molecule has 0 aromatic heterocycles. The van der Waals surface area contributed by atoms with E-state index >= 15 is 0 Å². The molecule has 0 aliphatic carbocycles. The first-order valence-corrected chi connectivity index (χ1v) is 6.46. The molecule has 0 amide bonds. The lowest BCUT2D eigenvalue weighted by Gasteiger charge is -2.36. The first kappa shape index (κ1) is 12.2. The van der Waals surface area contributed by atoms with Crippen LogP contribution < -0.4 is 10.6 Å². The Morgan fingerprint density at radius 3 is 2.29 bits per heavy atom. The van der Waals surface area contributed by atoms with E-state index in [0.717, 1.165) is 25.3 Å². The molecule has 2 rings (SSSR count). The van der Waals surface area contributed by atoms with Gasteiger partial charge in [0.15, 0.2) is 0 Å². The highest BCUT2D eigenvalue weighted by Gasteiger charge is 2.17. The Morgan fingerprint density at radius 2 is 1.71 bits per heavy atom. The highest BCUT2D eigenvalue weighted by atomic mass is 15.3. The van der Waals surface area contributed by atoms with Crippen molar-refractivity contribution in [2.24, 2.45) is 0 Å². The van der Waals surface area contributed by atoms with Crippen LogP contribution in [0.1, 0.15) is 18.1 Å². The second kappa shape index (κ2) is 4.96. The van der Waals surface area contributed by atoms with Gasteiger partial charge in [-0.1, -0.05) is 6.92 Å². The monoisotopic (exact) mass is 233 g/mol. The van der Waals surface area contributed by atoms with Gasteiger partial charge < -0.3 is 15.5 Å². The summed E-state index contributed by atoms with van der Waals surface area (Å²) in [5, 5.41) is 0. The zero-order valence-corrected chi connectivity index (χ0v) is 11.2. The topological polar surface area (TPSA) is 32.5 Å². The van der Waals surface area contributed by atoms with Gasteiger partial charge in [0.2, 0.25) is 0 Å². The Kier molecular flexibility index (Phi) is 3.57. The number of hydrogen-bond acceptors (Lipinski definition) is 3. The molecule has 1 fully saturated rings. The number of benzene rings is 1. The van der Waals surface area contributed by atoms with Crippen LogP contribution in [0, 0.1) is 13.8 Å². The Morgan fingerprint density at radius 1 is 1.06 bits per heavy atom. The Balaban J connectivity index is 2.16. The largest absolute Gasteiger partial charge is 0.399 e. The van der Waals surface area contributed by atoms with E-state index < -0.39 is 0 Å². The number of piperazine rings is 1. The molecular formula is C14H23N3. The molecule has 0 unspecified atom stereocenters. The predicted molar refractivity (Wildman–Crippen MR) is 74.7 cm³/mol. The van der Waals surface area contributed by atoms with Crippen LogP contribution in [-0.2, 0) is 0 Å². The standard InChI is InChI=1S/C14H23N3/c1-4-16-7-9-17(10-8-16)14-6-5-13(15)11(2)12(14)3/h5-6H,4,7-10,15H2,1-3H3. The SMILES string of the molecule is CCN1CCN(c2ccc(N)c(C)c2C)CC1. The van der Waals surface area contributed by atoms with Crippen molar-refractivity contribution in [3.8, 4) is 0 Å². The number of nitrogens with two attached hydrogens (primary N) is 1. The summed E-state index contributed by atoms with van der Waals surface area (Å²) in [6.45, 7) is 12.3. The lowest BCUT2D eigenvalue weighted by Crippen LogP contribution is -2.46. The van der Waals surface area contributed by atoms with Crippen molar-refractivity contribution in [3.05, 3.63) is 23.3 Å². The summed E-state index contributed by atoms with van der Waals surface area (Å²) in [5.74, 6) is 0. The molecule has 0 saturated carbocycles. The fraction of sp³-hybridized carbons (Fsp3) is 0.571. The second-order valence-corrected chi connectivity index (χ2v) is 4.85. The lowest BCUT2D eigenvalue weighted by molar-refractivity contribution is 0.271. The maximum absolute atomic E-state index is 5.94. The van der Waals surface area contributed by atoms with Crippen LogP contribution in [0.4, 0.5) is 11.4 Å². The smallest absolute Gasteiger partial charge is 0.0400 e. The molecule has 0 radical (unpaired) electrons. The van der Waals surface area contributed by atoms with Gasteiger partial charge in [0.05, 0.1) is 0 Å². The summed E-state index contributed by atoms with van der Waals surface area (Å²) in [6, 6.07) is 4.20. The van der Waals surface area contributed by atoms with Crippen LogP contribution in [0.5, 0.6) is 0 Å². The van der Waals surface area contributed by atoms with E-state index in [4.69, 9.17) is 5.73 Å². The van der Waals surface area contributed by atoms with E-state index in [0.29, 0.717) is 0 Å². The van der Waals surface area contributed by atoms with Crippen LogP contribution in [0.25, 0.3) is 0 Å². The highest BCUT2D eigenvalue weighted by Crippen LogP contribution is 2.27. The summed E-state index contributed by atoms with van der Waals surface area (Å²) in [6.07, 6.45) is 0. The van der Waals surface area contributed by atoms with Crippen molar-refractivity contribution in [1.29, 1.82) is 0 Å². The Hall–Kier alpha value is -1.22. The summed E-state index contributed by atoms with van der Waals surface area (Å²) in [4.78, 5) is 4.98. The van der Waals surface area contributed by atoms with Gasteiger partial charge in [-0.3, -0.25) is 0 Å². The minimum atomic E-state index is 0.901. The van der Waals surface area contributed by atoms with Gasteiger partial charge in [0.25, 0.3) is 0 Å². The quantitative estimate of drug-likeness (QED) is 0.793. The van der Waals surface area contributed by atoms with E-state index in [1.165, 1.54) is 29.9 Å². The average molecular weight is 233 g/mol. The summed E-state index contributed by atoms with van der Waals surface area (Å²) >= 11 is 0. The van der Waals surface area contributed by atoms with E-state index in [2.05, 4.69) is 36.6 Å². The molecule has 0 atom stereocenters. The van der Waals surface area contributed by atoms with Gasteiger partial charge in [0.1, 0.15) is 0 Å². The van der Waals surface area contributed by atoms with E-state index in [9.17, 15) is 0 Å². The number of hydrogen-bond donors (Lipinski definition) is 1. The van der Waals surface area contributed by atoms with E-state index in [1.807, 2.05) is 6.07 Å². The fourth-order valence-corrected chi connectivity index (χ4v) is 2.47. The molecule has 17 heavy (non-hydrogen) atoms. The maximum atomic E-state index is 5.94. The van der Waals surface area contributed by atoms with Crippen LogP contribution >= 0.6 is 0 Å². The van der Waals surface area contributed by atoms with E-state index in [-0.39, 0.29) is 0 Å². The molecular weight excluding hydrogens is 210 g/mol. The van der Waals surface area contributed by atoms with Crippen LogP contribution in [-0.4, -0.2) is 37.6 Å². The molecule has 3 nitrogen and oxygen atoms in total. The summed E-state index contributed by atoms with van der Waals surface area (Å²) in [5.41, 5.74) is 10.7. The Labute approximate surface area is 104 Å². The first-order chi connectivity index (χ1) is 8.13. The van der Waals surface area contributed by atoms with Gasteiger partial charge in [0, 0.05) is 37.6 Å². The molecule has 1 saturated heterocycles. The maximum Gasteiger partial charge on any atom is 0.0400 e. The zero-order valence-electron chi connectivity index (χ0n) is 11.2. The van der Waals surface area contributed by atoms with Gasteiger partial charge in [-0.2, -0.15) is 0 Å². The molecule has 1 heterocycles. The third-order valence-corrected chi connectivity index (χ3v) is 3.96. The van der Waals surface area contributed by atoms with Gasteiger partial charge in [-0.25, -0.2) is 0 Å². The number of anilines is 2. The molecule has 1 aromatic carbocycles. The normalized spacial score (nSPS) is 17.5. The van der Waals surface area contributed by atoms with Crippen molar-refractivity contribution >= 4 is 11.4 Å². The first-order valence-electron chi connectivity index (χ1n) is 6.46. The lowest BCUT2D eigenvalue weighted by atomic mass is 10.0. The van der Waals surface area contributed by atoms with Gasteiger partial charge in [-0.05, 0) is 43.7 Å². The minimum Gasteiger partial charge on any atom is -0.399 e. The van der Waals surface area contributed by atoms with Crippen molar-refractivity contribution in [1.82, 2.24) is 4.90 Å². The Bertz CT molecular complexity index is 393. The molecule has 1 aromatic rings. The van der Waals surface area contributed by atoms with Gasteiger partial charge >= 0.3 is 0 Å². The fourth-order valence-electron chi connectivity index (χ4n) is 2.47. The third-order valence-electron chi connectivity index (χ3n) is 3.96. The summed E-state index contributed by atoms with van der Waals surface area (Å²) in [7, 11) is 0. The van der Waals surface area contributed by atoms with Crippen LogP contribution in [0.2, 0.25) is 0 Å². The second-order valence-electron chi connectivity index (χ2n) is 4.85. The van der Waals surface area contributed by atoms with Crippen LogP contribution in [0.15, 0.2) is 12.1 Å². The number of rotatable bonds is 2. The van der Waals surface area contributed by atoms with Gasteiger partial charge in [-0.15, -0.1) is 0 Å². The molecule has 0 spiro atoms. The number of nitrogens with zero attached hydrogens (tertiary/aromatic N) is 2. The molecule has 3 heteroatoms. The van der Waals surface area contributed by atoms with Crippen molar-refractivity contribution in [2.75, 3.05) is 43.4 Å². The molecule has 0 bridgehead atoms. The third kappa shape index (κ3) is 2.39. The number of nitrogen functional groups attached to an aromatic ring is 1. The molecule has 1 aliphatic rings. The van der Waals surface area contributed by atoms with Crippen LogP contribution in [0.3, 0.4) is 0 Å². The zero-order chi connectivity index (χ0) is 12.4. The van der Waals surface area contributed by atoms with Crippen molar-refractivity contribution in [2.45, 2.75) is 20.8 Å². The average Bonchev–Trinajstić information content (AvgIpc) is 2.36. The molecule has 1 aliphatic heterocycles. The highest BCUT2D eigenvalue weighted by molar-refractivity contribution is 5.64. The predicted octanol–water partition coefficient (Wildman–Crippen LogP) is 2.03. The molecule has 94 valence electrons.